The van der Waals surface area contributed by atoms with Gasteiger partial charge in [0.25, 0.3) is 0 Å². The fraction of sp³-hybridized carbons (Fsp3) is 0.133. The number of rotatable bonds is 3. The summed E-state index contributed by atoms with van der Waals surface area (Å²) in [7, 11) is 1.54. The van der Waals surface area contributed by atoms with Gasteiger partial charge >= 0.3 is 5.97 Å². The van der Waals surface area contributed by atoms with Crippen LogP contribution in [0.25, 0.3) is 0 Å². The van der Waals surface area contributed by atoms with Crippen molar-refractivity contribution in [2.24, 2.45) is 0 Å². The van der Waals surface area contributed by atoms with E-state index in [0.29, 0.717) is 17.1 Å². The van der Waals surface area contributed by atoms with Gasteiger partial charge in [0.2, 0.25) is 0 Å². The molecule has 5 heteroatoms. The number of carbonyl (C=O) groups excluding carboxylic acids is 1. The highest BCUT2D eigenvalue weighted by atomic mass is 127. The molecule has 2 aromatic rings. The lowest BCUT2D eigenvalue weighted by molar-refractivity contribution is 0.0730. The van der Waals surface area contributed by atoms with Gasteiger partial charge in [0.15, 0.2) is 0 Å². The molecule has 0 aliphatic rings. The van der Waals surface area contributed by atoms with Crippen LogP contribution in [0.5, 0.6) is 11.5 Å². The van der Waals surface area contributed by atoms with Gasteiger partial charge in [0, 0.05) is 8.04 Å². The van der Waals surface area contributed by atoms with E-state index < -0.39 is 5.97 Å². The van der Waals surface area contributed by atoms with E-state index in [2.05, 4.69) is 38.5 Å². The lowest BCUT2D eigenvalue weighted by Crippen LogP contribution is -2.13. The van der Waals surface area contributed by atoms with E-state index in [1.807, 2.05) is 25.1 Å². The average Bonchev–Trinajstić information content (AvgIpc) is 2.45. The molecule has 0 unspecified atom stereocenters. The quantitative estimate of drug-likeness (QED) is 0.393. The first-order valence-corrected chi connectivity index (χ1v) is 7.71. The third kappa shape index (κ3) is 3.15. The number of hydrogen-bond donors (Lipinski definition) is 0. The summed E-state index contributed by atoms with van der Waals surface area (Å²) in [4.78, 5) is 12.4. The fourth-order valence-electron chi connectivity index (χ4n) is 1.79. The number of para-hydroxylation sites is 1. The molecule has 104 valence electrons. The molecule has 20 heavy (non-hydrogen) atoms. The monoisotopic (exact) mass is 446 g/mol. The number of benzene rings is 2. The van der Waals surface area contributed by atoms with Crippen molar-refractivity contribution in [3.8, 4) is 11.5 Å². The van der Waals surface area contributed by atoms with Crippen molar-refractivity contribution in [2.75, 3.05) is 7.11 Å². The van der Waals surface area contributed by atoms with Gasteiger partial charge in [-0.25, -0.2) is 4.79 Å². The molecule has 0 saturated heterocycles. The zero-order chi connectivity index (χ0) is 14.7. The number of esters is 1. The van der Waals surface area contributed by atoms with E-state index >= 15 is 0 Å². The summed E-state index contributed by atoms with van der Waals surface area (Å²) in [5.74, 6) is 0.587. The Labute approximate surface area is 139 Å². The standard InChI is InChI=1S/C15H12BrIO3/c1-9-13(12(19-2)8-11(16)14(9)17)15(18)20-10-6-4-3-5-7-10/h3-8H,1-2H3. The largest absolute Gasteiger partial charge is 0.496 e. The van der Waals surface area contributed by atoms with Crippen LogP contribution in [0.4, 0.5) is 0 Å². The second-order valence-electron chi connectivity index (χ2n) is 4.08. The molecule has 0 spiro atoms. The molecule has 2 rings (SSSR count). The molecule has 0 bridgehead atoms. The summed E-state index contributed by atoms with van der Waals surface area (Å²) < 4.78 is 12.5. The Morgan fingerprint density at radius 1 is 1.25 bits per heavy atom. The summed E-state index contributed by atoms with van der Waals surface area (Å²) >= 11 is 5.63. The predicted molar refractivity (Wildman–Crippen MR) is 89.5 cm³/mol. The topological polar surface area (TPSA) is 35.5 Å². The van der Waals surface area contributed by atoms with Crippen molar-refractivity contribution in [1.82, 2.24) is 0 Å². The molecule has 0 atom stereocenters. The molecule has 0 saturated carbocycles. The molecule has 0 aliphatic heterocycles. The van der Waals surface area contributed by atoms with Crippen LogP contribution in [-0.2, 0) is 0 Å². The van der Waals surface area contributed by atoms with E-state index in [9.17, 15) is 4.79 Å². The van der Waals surface area contributed by atoms with Gasteiger partial charge in [0.1, 0.15) is 17.1 Å². The van der Waals surface area contributed by atoms with Gasteiger partial charge in [-0.15, -0.1) is 0 Å². The molecule has 0 aromatic heterocycles. The predicted octanol–water partition coefficient (Wildman–Crippen LogP) is 4.59. The van der Waals surface area contributed by atoms with E-state index in [1.165, 1.54) is 7.11 Å². The Morgan fingerprint density at radius 2 is 1.90 bits per heavy atom. The van der Waals surface area contributed by atoms with Gasteiger partial charge in [-0.1, -0.05) is 18.2 Å². The second kappa shape index (κ2) is 6.58. The molecule has 2 aromatic carbocycles. The van der Waals surface area contributed by atoms with Crippen LogP contribution in [0.2, 0.25) is 0 Å². The van der Waals surface area contributed by atoms with Gasteiger partial charge in [-0.2, -0.15) is 0 Å². The van der Waals surface area contributed by atoms with Crippen molar-refractivity contribution in [1.29, 1.82) is 0 Å². The van der Waals surface area contributed by atoms with Crippen molar-refractivity contribution >= 4 is 44.5 Å². The third-order valence-electron chi connectivity index (χ3n) is 2.80. The minimum Gasteiger partial charge on any atom is -0.496 e. The molecule has 0 aliphatic carbocycles. The highest BCUT2D eigenvalue weighted by Gasteiger charge is 2.21. The zero-order valence-electron chi connectivity index (χ0n) is 10.9. The lowest BCUT2D eigenvalue weighted by atomic mass is 10.1. The summed E-state index contributed by atoms with van der Waals surface area (Å²) in [6.45, 7) is 1.87. The van der Waals surface area contributed by atoms with Crippen LogP contribution in [0.3, 0.4) is 0 Å². The minimum absolute atomic E-state index is 0.420. The van der Waals surface area contributed by atoms with Gasteiger partial charge in [-0.05, 0) is 69.2 Å². The van der Waals surface area contributed by atoms with Crippen LogP contribution < -0.4 is 9.47 Å². The Hall–Kier alpha value is -1.08. The van der Waals surface area contributed by atoms with E-state index in [0.717, 1.165) is 13.6 Å². The van der Waals surface area contributed by atoms with Crippen LogP contribution in [0, 0.1) is 10.5 Å². The highest BCUT2D eigenvalue weighted by Crippen LogP contribution is 2.33. The van der Waals surface area contributed by atoms with Crippen LogP contribution in [-0.4, -0.2) is 13.1 Å². The first-order chi connectivity index (χ1) is 9.54. The van der Waals surface area contributed by atoms with E-state index in [4.69, 9.17) is 9.47 Å². The zero-order valence-corrected chi connectivity index (χ0v) is 14.7. The SMILES string of the molecule is COc1cc(Br)c(I)c(C)c1C(=O)Oc1ccccc1. The van der Waals surface area contributed by atoms with Crippen LogP contribution in [0.1, 0.15) is 15.9 Å². The molecule has 3 nitrogen and oxygen atoms in total. The molecule has 0 N–H and O–H groups in total. The van der Waals surface area contributed by atoms with Crippen molar-refractivity contribution in [3.05, 3.63) is 55.6 Å². The lowest BCUT2D eigenvalue weighted by Gasteiger charge is -2.13. The third-order valence-corrected chi connectivity index (χ3v) is 5.55. The smallest absolute Gasteiger partial charge is 0.347 e. The average molecular weight is 447 g/mol. The maximum absolute atomic E-state index is 12.4. The van der Waals surface area contributed by atoms with Crippen molar-refractivity contribution in [2.45, 2.75) is 6.92 Å². The first kappa shape index (κ1) is 15.3. The van der Waals surface area contributed by atoms with Crippen LogP contribution >= 0.6 is 38.5 Å². The number of methoxy groups -OCH3 is 1. The van der Waals surface area contributed by atoms with Gasteiger partial charge in [-0.3, -0.25) is 0 Å². The molecular weight excluding hydrogens is 435 g/mol. The summed E-state index contributed by atoms with van der Waals surface area (Å²) in [6, 6.07) is 10.8. The first-order valence-electron chi connectivity index (χ1n) is 5.84. The summed E-state index contributed by atoms with van der Waals surface area (Å²) in [5.41, 5.74) is 1.28. The molecule has 0 fully saturated rings. The fourth-order valence-corrected chi connectivity index (χ4v) is 2.72. The maximum atomic E-state index is 12.4. The Morgan fingerprint density at radius 3 is 2.50 bits per heavy atom. The highest BCUT2D eigenvalue weighted by molar-refractivity contribution is 14.1. The molecule has 0 radical (unpaired) electrons. The maximum Gasteiger partial charge on any atom is 0.347 e. The second-order valence-corrected chi connectivity index (χ2v) is 6.01. The Balaban J connectivity index is 2.41. The van der Waals surface area contributed by atoms with Crippen molar-refractivity contribution < 1.29 is 14.3 Å². The van der Waals surface area contributed by atoms with Gasteiger partial charge < -0.3 is 9.47 Å². The molecular formula is C15H12BrIO3. The summed E-state index contributed by atoms with van der Waals surface area (Å²) in [5, 5.41) is 0. The van der Waals surface area contributed by atoms with Crippen LogP contribution in [0.15, 0.2) is 40.9 Å². The minimum atomic E-state index is -0.420. The van der Waals surface area contributed by atoms with Gasteiger partial charge in [0.05, 0.1) is 7.11 Å². The van der Waals surface area contributed by atoms with E-state index in [-0.39, 0.29) is 0 Å². The number of carbonyl (C=O) groups is 1. The van der Waals surface area contributed by atoms with Crippen molar-refractivity contribution in [3.63, 3.8) is 0 Å². The normalized spacial score (nSPS) is 10.2. The number of ether oxygens (including phenoxy) is 2. The number of halogens is 2. The summed E-state index contributed by atoms with van der Waals surface area (Å²) in [6.07, 6.45) is 0. The number of hydrogen-bond acceptors (Lipinski definition) is 3. The Bertz CT molecular complexity index is 641. The van der Waals surface area contributed by atoms with E-state index in [1.54, 1.807) is 18.2 Å². The molecule has 0 amide bonds. The molecule has 0 heterocycles. The Kier molecular flexibility index (Phi) is 5.04.